The molecule has 4 atom stereocenters. The monoisotopic (exact) mass is 582 g/mol. The fourth-order valence-electron chi connectivity index (χ4n) is 5.82. The van der Waals surface area contributed by atoms with E-state index in [2.05, 4.69) is 11.4 Å². The molecule has 0 saturated carbocycles. The smallest absolute Gasteiger partial charge is 0.223 e. The van der Waals surface area contributed by atoms with Gasteiger partial charge in [-0.3, -0.25) is 24.1 Å². The highest BCUT2D eigenvalue weighted by Crippen LogP contribution is 2.35. The number of benzene rings is 1. The van der Waals surface area contributed by atoms with Gasteiger partial charge in [-0.2, -0.15) is 0 Å². The van der Waals surface area contributed by atoms with E-state index in [0.29, 0.717) is 50.5 Å². The molecule has 9 heteroatoms. The Balaban J connectivity index is 1.46. The van der Waals surface area contributed by atoms with Crippen molar-refractivity contribution in [3.05, 3.63) is 41.0 Å². The average Bonchev–Trinajstić information content (AvgIpc) is 3.73. The molecule has 1 aromatic carbocycles. The zero-order valence-electron chi connectivity index (χ0n) is 25.3. The lowest BCUT2D eigenvalue weighted by molar-refractivity contribution is -0.134. The largest absolute Gasteiger partial charge is 0.508 e. The molecule has 0 aromatic heterocycles. The lowest BCUT2D eigenvalue weighted by Gasteiger charge is -2.26. The number of hydrogen-bond donors (Lipinski definition) is 2. The Morgan fingerprint density at radius 3 is 2.48 bits per heavy atom. The highest BCUT2D eigenvalue weighted by atomic mass is 16.6. The van der Waals surface area contributed by atoms with Crippen molar-refractivity contribution in [2.75, 3.05) is 39.5 Å². The molecule has 2 saturated heterocycles. The maximum absolute atomic E-state index is 13.9. The summed E-state index contributed by atoms with van der Waals surface area (Å²) in [5.41, 5.74) is 1.76. The molecular formula is C33H46N2O7. The minimum atomic E-state index is -0.903. The summed E-state index contributed by atoms with van der Waals surface area (Å²) in [7, 11) is 0. The number of phenols is 1. The first-order chi connectivity index (χ1) is 20.0. The van der Waals surface area contributed by atoms with Crippen LogP contribution in [0.15, 0.2) is 29.8 Å². The summed E-state index contributed by atoms with van der Waals surface area (Å²) in [5.74, 6) is -1.76. The van der Waals surface area contributed by atoms with Crippen LogP contribution in [0.3, 0.4) is 0 Å². The van der Waals surface area contributed by atoms with Crippen LogP contribution in [0.1, 0.15) is 69.9 Å². The Hall–Kier alpha value is -2.88. The molecule has 0 spiro atoms. The topological polar surface area (TPSA) is 126 Å². The molecule has 2 N–H and O–H groups in total. The number of Topliss-reactive ketones (excluding diaryl/α,β-unsaturated/α-hetero) is 3. The van der Waals surface area contributed by atoms with Gasteiger partial charge in [0.05, 0.1) is 32.4 Å². The summed E-state index contributed by atoms with van der Waals surface area (Å²) in [4.78, 5) is 55.3. The summed E-state index contributed by atoms with van der Waals surface area (Å²) in [6.07, 6.45) is 7.05. The van der Waals surface area contributed by atoms with Crippen LogP contribution < -0.4 is 5.32 Å². The number of nitrogens with zero attached hydrogens (tertiary/aromatic N) is 1. The van der Waals surface area contributed by atoms with Gasteiger partial charge in [0.2, 0.25) is 5.91 Å². The number of nitrogens with one attached hydrogen (secondary N) is 1. The Labute approximate surface area is 249 Å². The molecular weight excluding hydrogens is 536 g/mol. The molecule has 3 aliphatic rings. The maximum atomic E-state index is 13.9. The SMILES string of the molecule is Cc1ccc(CC(NC(=O)C(C)CC(=O)CN2CCOCC2)C(=O)CC(CC2=CCCCC2)C(=O)C2(C)CO2)cc1O. The average molecular weight is 583 g/mol. The number of aromatic hydroxyl groups is 1. The number of epoxide rings is 1. The summed E-state index contributed by atoms with van der Waals surface area (Å²) in [6.45, 7) is 8.43. The fourth-order valence-corrected chi connectivity index (χ4v) is 5.82. The second kappa shape index (κ2) is 14.5. The van der Waals surface area contributed by atoms with Crippen LogP contribution >= 0.6 is 0 Å². The standard InChI is InChI=1S/C33H46N2O7/c1-22-9-10-25(18-29(22)37)17-28(34-32(40)23(2)15-27(36)20-35-11-13-41-14-12-35)30(38)19-26(31(39)33(3)21-42-33)16-24-7-5-4-6-8-24/h7,9-10,18,23,26,28,37H,4-6,8,11-17,19-21H2,1-3H3,(H,34,40). The van der Waals surface area contributed by atoms with Crippen LogP contribution in [0.4, 0.5) is 0 Å². The van der Waals surface area contributed by atoms with E-state index >= 15 is 0 Å². The van der Waals surface area contributed by atoms with Gasteiger partial charge < -0.3 is 19.9 Å². The fraction of sp³-hybridized carbons (Fsp3) is 0.636. The van der Waals surface area contributed by atoms with Gasteiger partial charge in [-0.15, -0.1) is 0 Å². The van der Waals surface area contributed by atoms with Crippen molar-refractivity contribution in [3.63, 3.8) is 0 Å². The zero-order valence-corrected chi connectivity index (χ0v) is 25.3. The van der Waals surface area contributed by atoms with Crippen LogP contribution in [0, 0.1) is 18.8 Å². The number of phenolic OH excluding ortho intramolecular Hbond substituents is 1. The molecule has 9 nitrogen and oxygen atoms in total. The summed E-state index contributed by atoms with van der Waals surface area (Å²) in [6, 6.07) is 4.30. The molecule has 1 aliphatic carbocycles. The summed E-state index contributed by atoms with van der Waals surface area (Å²) >= 11 is 0. The van der Waals surface area contributed by atoms with E-state index in [4.69, 9.17) is 9.47 Å². The Morgan fingerprint density at radius 2 is 1.83 bits per heavy atom. The summed E-state index contributed by atoms with van der Waals surface area (Å²) in [5, 5.41) is 13.2. The molecule has 2 aliphatic heterocycles. The number of morpholine rings is 1. The molecule has 2 heterocycles. The molecule has 42 heavy (non-hydrogen) atoms. The lowest BCUT2D eigenvalue weighted by atomic mass is 9.81. The van der Waals surface area contributed by atoms with Crippen molar-refractivity contribution in [1.82, 2.24) is 10.2 Å². The van der Waals surface area contributed by atoms with Gasteiger partial charge in [0, 0.05) is 37.8 Å². The van der Waals surface area contributed by atoms with Gasteiger partial charge >= 0.3 is 0 Å². The van der Waals surface area contributed by atoms with Gasteiger partial charge in [-0.1, -0.05) is 30.7 Å². The number of allylic oxidation sites excluding steroid dienone is 2. The number of amides is 1. The number of rotatable bonds is 15. The van der Waals surface area contributed by atoms with E-state index in [9.17, 15) is 24.3 Å². The van der Waals surface area contributed by atoms with Crippen molar-refractivity contribution in [3.8, 4) is 5.75 Å². The normalized spacial score (nSPS) is 22.9. The highest BCUT2D eigenvalue weighted by molar-refractivity contribution is 5.97. The summed E-state index contributed by atoms with van der Waals surface area (Å²) < 4.78 is 10.8. The predicted molar refractivity (Wildman–Crippen MR) is 158 cm³/mol. The van der Waals surface area contributed by atoms with E-state index in [1.54, 1.807) is 32.9 Å². The minimum Gasteiger partial charge on any atom is -0.508 e. The van der Waals surface area contributed by atoms with Crippen LogP contribution in [0.25, 0.3) is 0 Å². The third-order valence-corrected chi connectivity index (χ3v) is 8.71. The van der Waals surface area contributed by atoms with Crippen molar-refractivity contribution < 1.29 is 33.8 Å². The van der Waals surface area contributed by atoms with Gasteiger partial charge in [0.1, 0.15) is 17.1 Å². The molecule has 0 radical (unpaired) electrons. The van der Waals surface area contributed by atoms with E-state index in [1.165, 1.54) is 5.57 Å². The van der Waals surface area contributed by atoms with Gasteiger partial charge in [0.15, 0.2) is 11.6 Å². The van der Waals surface area contributed by atoms with Crippen molar-refractivity contribution in [2.24, 2.45) is 11.8 Å². The molecule has 230 valence electrons. The molecule has 1 aromatic rings. The number of carbonyl (C=O) groups is 4. The molecule has 4 rings (SSSR count). The van der Waals surface area contributed by atoms with Crippen LogP contribution in [0.5, 0.6) is 5.75 Å². The second-order valence-electron chi connectivity index (χ2n) is 12.5. The van der Waals surface area contributed by atoms with Crippen molar-refractivity contribution >= 4 is 23.3 Å². The minimum absolute atomic E-state index is 0.0117. The van der Waals surface area contributed by atoms with Crippen LogP contribution in [-0.4, -0.2) is 84.4 Å². The first-order valence-corrected chi connectivity index (χ1v) is 15.3. The Kier molecular flexibility index (Phi) is 11.1. The third kappa shape index (κ3) is 9.06. The quantitative estimate of drug-likeness (QED) is 0.238. The van der Waals surface area contributed by atoms with Gasteiger partial charge in [-0.05, 0) is 69.6 Å². The maximum Gasteiger partial charge on any atom is 0.223 e. The first kappa shape index (κ1) is 32.0. The first-order valence-electron chi connectivity index (χ1n) is 15.3. The van der Waals surface area contributed by atoms with Crippen molar-refractivity contribution in [2.45, 2.75) is 83.8 Å². The van der Waals surface area contributed by atoms with E-state index in [-0.39, 0.29) is 54.8 Å². The predicted octanol–water partition coefficient (Wildman–Crippen LogP) is 3.48. The number of ketones is 3. The number of carbonyl (C=O) groups excluding carboxylic acids is 4. The number of hydrogen-bond acceptors (Lipinski definition) is 8. The molecule has 0 bridgehead atoms. The van der Waals surface area contributed by atoms with E-state index < -0.39 is 23.5 Å². The molecule has 1 amide bonds. The highest BCUT2D eigenvalue weighted by Gasteiger charge is 2.50. The Morgan fingerprint density at radius 1 is 1.10 bits per heavy atom. The third-order valence-electron chi connectivity index (χ3n) is 8.71. The number of aryl methyl sites for hydroxylation is 1. The van der Waals surface area contributed by atoms with Gasteiger partial charge in [0.25, 0.3) is 0 Å². The van der Waals surface area contributed by atoms with E-state index in [1.807, 2.05) is 11.0 Å². The van der Waals surface area contributed by atoms with Crippen LogP contribution in [-0.2, 0) is 35.1 Å². The molecule has 2 fully saturated rings. The lowest BCUT2D eigenvalue weighted by Crippen LogP contribution is -2.46. The van der Waals surface area contributed by atoms with E-state index in [0.717, 1.165) is 25.7 Å². The Bertz CT molecular complexity index is 1180. The number of ether oxygens (including phenoxy) is 2. The molecule has 4 unspecified atom stereocenters. The van der Waals surface area contributed by atoms with Crippen molar-refractivity contribution in [1.29, 1.82) is 0 Å². The second-order valence-corrected chi connectivity index (χ2v) is 12.5. The zero-order chi connectivity index (χ0) is 30.3. The van der Waals surface area contributed by atoms with Gasteiger partial charge in [-0.25, -0.2) is 0 Å². The van der Waals surface area contributed by atoms with Crippen LogP contribution in [0.2, 0.25) is 0 Å².